The fourth-order valence-corrected chi connectivity index (χ4v) is 1.68. The molecule has 0 saturated carbocycles. The summed E-state index contributed by atoms with van der Waals surface area (Å²) in [5, 5.41) is 2.72. The lowest BCUT2D eigenvalue weighted by atomic mass is 10.2. The van der Waals surface area contributed by atoms with Crippen LogP contribution in [-0.2, 0) is 13.9 Å². The molecule has 0 aliphatic carbocycles. The van der Waals surface area contributed by atoms with Crippen molar-refractivity contribution in [3.05, 3.63) is 30.3 Å². The zero-order chi connectivity index (χ0) is 13.4. The van der Waals surface area contributed by atoms with Crippen LogP contribution in [0.1, 0.15) is 19.3 Å². The number of unbranched alkanes of at least 4 members (excludes halogenated alkanes) is 1. The Morgan fingerprint density at radius 1 is 1.22 bits per heavy atom. The van der Waals surface area contributed by atoms with Gasteiger partial charge in [0.15, 0.2) is 0 Å². The zero-order valence-corrected chi connectivity index (χ0v) is 10.7. The van der Waals surface area contributed by atoms with E-state index in [4.69, 9.17) is 9.79 Å². The number of anilines is 1. The van der Waals surface area contributed by atoms with Crippen LogP contribution in [0.4, 0.5) is 5.69 Å². The Hall–Kier alpha value is -1.20. The van der Waals surface area contributed by atoms with Crippen molar-refractivity contribution in [3.63, 3.8) is 0 Å². The van der Waals surface area contributed by atoms with Gasteiger partial charge in [-0.2, -0.15) is 0 Å². The van der Waals surface area contributed by atoms with Crippen LogP contribution < -0.4 is 5.32 Å². The molecule has 3 N–H and O–H groups in total. The van der Waals surface area contributed by atoms with Gasteiger partial charge in [0, 0.05) is 12.1 Å². The second-order valence-electron chi connectivity index (χ2n) is 3.70. The van der Waals surface area contributed by atoms with Gasteiger partial charge in [0.2, 0.25) is 5.91 Å². The van der Waals surface area contributed by atoms with Gasteiger partial charge in [-0.1, -0.05) is 18.2 Å². The van der Waals surface area contributed by atoms with Gasteiger partial charge in [0.25, 0.3) is 0 Å². The van der Waals surface area contributed by atoms with Crippen molar-refractivity contribution in [1.82, 2.24) is 0 Å². The normalized spacial score (nSPS) is 11.2. The number of para-hydroxylation sites is 1. The molecule has 0 radical (unpaired) electrons. The summed E-state index contributed by atoms with van der Waals surface area (Å²) in [6.07, 6.45) is 1.23. The molecule has 0 saturated heterocycles. The molecule has 0 fully saturated rings. The minimum atomic E-state index is -4.38. The van der Waals surface area contributed by atoms with Crippen molar-refractivity contribution in [3.8, 4) is 0 Å². The van der Waals surface area contributed by atoms with Crippen LogP contribution in [0.5, 0.6) is 0 Å². The van der Waals surface area contributed by atoms with E-state index in [1.807, 2.05) is 18.2 Å². The third-order valence-electron chi connectivity index (χ3n) is 2.12. The van der Waals surface area contributed by atoms with Gasteiger partial charge in [0.05, 0.1) is 6.61 Å². The van der Waals surface area contributed by atoms with Gasteiger partial charge in [-0.25, -0.2) is 4.57 Å². The van der Waals surface area contributed by atoms with Gasteiger partial charge in [-0.15, -0.1) is 0 Å². The maximum atomic E-state index is 11.5. The van der Waals surface area contributed by atoms with Gasteiger partial charge >= 0.3 is 7.82 Å². The van der Waals surface area contributed by atoms with E-state index >= 15 is 0 Å². The highest BCUT2D eigenvalue weighted by atomic mass is 31.2. The molecule has 1 rings (SSSR count). The minimum Gasteiger partial charge on any atom is -0.326 e. The largest absolute Gasteiger partial charge is 0.469 e. The van der Waals surface area contributed by atoms with Gasteiger partial charge < -0.3 is 15.1 Å². The van der Waals surface area contributed by atoms with E-state index in [0.29, 0.717) is 19.3 Å². The summed E-state index contributed by atoms with van der Waals surface area (Å²) < 4.78 is 14.6. The Kier molecular flexibility index (Phi) is 6.01. The zero-order valence-electron chi connectivity index (χ0n) is 9.78. The molecule has 1 amide bonds. The van der Waals surface area contributed by atoms with Crippen LogP contribution >= 0.6 is 7.82 Å². The third kappa shape index (κ3) is 7.19. The summed E-state index contributed by atoms with van der Waals surface area (Å²) in [5.41, 5.74) is 0.731. The summed E-state index contributed by atoms with van der Waals surface area (Å²) in [6.45, 7) is -0.0527. The van der Waals surface area contributed by atoms with Crippen molar-refractivity contribution in [2.24, 2.45) is 0 Å². The first-order chi connectivity index (χ1) is 8.47. The molecule has 0 atom stereocenters. The quantitative estimate of drug-likeness (QED) is 0.521. The molecule has 1 aromatic rings. The van der Waals surface area contributed by atoms with E-state index in [1.54, 1.807) is 12.1 Å². The standard InChI is InChI=1S/C11H16NO5P/c13-11(12-10-6-2-1-3-7-10)8-4-5-9-17-18(14,15)16/h1-3,6-7H,4-5,8-9H2,(H,12,13)(H2,14,15,16). The number of carbonyl (C=O) groups is 1. The molecule has 100 valence electrons. The molecule has 7 heteroatoms. The Balaban J connectivity index is 2.13. The third-order valence-corrected chi connectivity index (χ3v) is 2.63. The Morgan fingerprint density at radius 3 is 2.50 bits per heavy atom. The predicted octanol–water partition coefficient (Wildman–Crippen LogP) is 1.90. The minimum absolute atomic E-state index is 0.0527. The number of hydrogen-bond donors (Lipinski definition) is 3. The lowest BCUT2D eigenvalue weighted by molar-refractivity contribution is -0.116. The van der Waals surface area contributed by atoms with Crippen molar-refractivity contribution in [1.29, 1.82) is 0 Å². The first-order valence-electron chi connectivity index (χ1n) is 5.52. The topological polar surface area (TPSA) is 95.9 Å². The number of phosphoric acid groups is 1. The summed E-state index contributed by atoms with van der Waals surface area (Å²) in [6, 6.07) is 9.08. The van der Waals surface area contributed by atoms with Gasteiger partial charge in [0.1, 0.15) is 0 Å². The maximum Gasteiger partial charge on any atom is 0.469 e. The van der Waals surface area contributed by atoms with Crippen LogP contribution in [-0.4, -0.2) is 22.3 Å². The first kappa shape index (κ1) is 14.9. The SMILES string of the molecule is O=C(CCCCOP(=O)(O)O)Nc1ccccc1. The van der Waals surface area contributed by atoms with Gasteiger partial charge in [-0.05, 0) is 25.0 Å². The predicted molar refractivity (Wildman–Crippen MR) is 66.9 cm³/mol. The molecule has 18 heavy (non-hydrogen) atoms. The molecular formula is C11H16NO5P. The second kappa shape index (κ2) is 7.28. The van der Waals surface area contributed by atoms with Crippen LogP contribution in [0.3, 0.4) is 0 Å². The number of carbonyl (C=O) groups excluding carboxylic acids is 1. The van der Waals surface area contributed by atoms with E-state index in [2.05, 4.69) is 9.84 Å². The maximum absolute atomic E-state index is 11.5. The molecule has 6 nitrogen and oxygen atoms in total. The van der Waals surface area contributed by atoms with Crippen molar-refractivity contribution < 1.29 is 23.7 Å². The number of amides is 1. The van der Waals surface area contributed by atoms with E-state index in [-0.39, 0.29) is 12.5 Å². The molecule has 0 aliphatic heterocycles. The van der Waals surface area contributed by atoms with Crippen LogP contribution in [0, 0.1) is 0 Å². The second-order valence-corrected chi connectivity index (χ2v) is 4.93. The molecule has 1 aromatic carbocycles. The van der Waals surface area contributed by atoms with Crippen LogP contribution in [0.15, 0.2) is 30.3 Å². The highest BCUT2D eigenvalue weighted by Gasteiger charge is 2.12. The fraction of sp³-hybridized carbons (Fsp3) is 0.364. The Bertz CT molecular complexity index is 417. The van der Waals surface area contributed by atoms with E-state index < -0.39 is 7.82 Å². The first-order valence-corrected chi connectivity index (χ1v) is 7.05. The number of nitrogens with one attached hydrogen (secondary N) is 1. The summed E-state index contributed by atoms with van der Waals surface area (Å²) in [4.78, 5) is 28.3. The van der Waals surface area contributed by atoms with Crippen LogP contribution in [0.2, 0.25) is 0 Å². The van der Waals surface area contributed by atoms with E-state index in [9.17, 15) is 9.36 Å². The average molecular weight is 273 g/mol. The number of phosphoric ester groups is 1. The highest BCUT2D eigenvalue weighted by molar-refractivity contribution is 7.46. The van der Waals surface area contributed by atoms with Crippen molar-refractivity contribution in [2.75, 3.05) is 11.9 Å². The summed E-state index contributed by atoms with van der Waals surface area (Å²) >= 11 is 0. The van der Waals surface area contributed by atoms with E-state index in [0.717, 1.165) is 5.69 Å². The number of hydrogen-bond acceptors (Lipinski definition) is 3. The van der Waals surface area contributed by atoms with Crippen LogP contribution in [0.25, 0.3) is 0 Å². The molecule has 0 bridgehead atoms. The number of rotatable bonds is 7. The monoisotopic (exact) mass is 273 g/mol. The van der Waals surface area contributed by atoms with Crippen molar-refractivity contribution in [2.45, 2.75) is 19.3 Å². The molecule has 0 unspecified atom stereocenters. The Labute approximate surface area is 105 Å². The molecule has 0 heterocycles. The summed E-state index contributed by atoms with van der Waals surface area (Å²) in [7, 11) is -4.38. The fourth-order valence-electron chi connectivity index (χ4n) is 1.32. The lowest BCUT2D eigenvalue weighted by Gasteiger charge is -2.06. The average Bonchev–Trinajstić information content (AvgIpc) is 2.28. The summed E-state index contributed by atoms with van der Waals surface area (Å²) in [5.74, 6) is -0.127. The molecular weight excluding hydrogens is 257 g/mol. The van der Waals surface area contributed by atoms with E-state index in [1.165, 1.54) is 0 Å². The molecule has 0 spiro atoms. The Morgan fingerprint density at radius 2 is 1.89 bits per heavy atom. The van der Waals surface area contributed by atoms with Gasteiger partial charge in [-0.3, -0.25) is 9.32 Å². The molecule has 0 aromatic heterocycles. The number of benzene rings is 1. The molecule has 0 aliphatic rings. The smallest absolute Gasteiger partial charge is 0.326 e. The lowest BCUT2D eigenvalue weighted by Crippen LogP contribution is -2.11. The van der Waals surface area contributed by atoms with Crippen molar-refractivity contribution >= 4 is 19.4 Å². The highest BCUT2D eigenvalue weighted by Crippen LogP contribution is 2.35.